The molecule has 1 unspecified atom stereocenters. The number of rotatable bonds is 5. The van der Waals surface area contributed by atoms with Gasteiger partial charge in [-0.2, -0.15) is 0 Å². The van der Waals surface area contributed by atoms with Crippen LogP contribution in [0.5, 0.6) is 5.88 Å². The summed E-state index contributed by atoms with van der Waals surface area (Å²) in [4.78, 5) is 6.34. The molecule has 0 bridgehead atoms. The Bertz CT molecular complexity index is 352. The van der Waals surface area contributed by atoms with Crippen molar-refractivity contribution < 1.29 is 4.74 Å². The predicted octanol–water partition coefficient (Wildman–Crippen LogP) is 1.26. The van der Waals surface area contributed by atoms with Gasteiger partial charge in [0.2, 0.25) is 5.88 Å². The fraction of sp³-hybridized carbons (Fsp3) is 0.583. The third-order valence-electron chi connectivity index (χ3n) is 3.24. The van der Waals surface area contributed by atoms with E-state index in [0.29, 0.717) is 18.5 Å². The van der Waals surface area contributed by atoms with E-state index in [0.717, 1.165) is 11.6 Å². The second kappa shape index (κ2) is 4.70. The molecular weight excluding hydrogens is 202 g/mol. The normalized spacial score (nSPS) is 16.9. The number of nitrogens with zero attached hydrogens (tertiary/aromatic N) is 2. The first kappa shape index (κ1) is 11.2. The number of hydrogen-bond acceptors (Lipinski definition) is 4. The molecule has 1 atom stereocenters. The van der Waals surface area contributed by atoms with Crippen LogP contribution < -0.4 is 15.4 Å². The Morgan fingerprint density at radius 1 is 1.62 bits per heavy atom. The van der Waals surface area contributed by atoms with Gasteiger partial charge < -0.3 is 15.4 Å². The zero-order valence-electron chi connectivity index (χ0n) is 9.89. The van der Waals surface area contributed by atoms with E-state index in [-0.39, 0.29) is 0 Å². The highest BCUT2D eigenvalue weighted by molar-refractivity contribution is 5.48. The maximum Gasteiger partial charge on any atom is 0.214 e. The number of hydrogen-bond donors (Lipinski definition) is 1. The first-order chi connectivity index (χ1) is 7.76. The molecule has 0 saturated heterocycles. The fourth-order valence-electron chi connectivity index (χ4n) is 2.07. The molecule has 1 aliphatic rings. The van der Waals surface area contributed by atoms with Crippen LogP contribution >= 0.6 is 0 Å². The lowest BCUT2D eigenvalue weighted by atomic mass is 10.1. The van der Waals surface area contributed by atoms with Gasteiger partial charge in [0.15, 0.2) is 0 Å². The summed E-state index contributed by atoms with van der Waals surface area (Å²) < 4.78 is 5.13. The summed E-state index contributed by atoms with van der Waals surface area (Å²) in [7, 11) is 3.72. The first-order valence-electron chi connectivity index (χ1n) is 5.69. The van der Waals surface area contributed by atoms with Crippen molar-refractivity contribution in [3.05, 3.63) is 18.3 Å². The van der Waals surface area contributed by atoms with E-state index in [2.05, 4.69) is 16.9 Å². The molecule has 0 spiro atoms. The first-order valence-corrected chi connectivity index (χ1v) is 5.69. The van der Waals surface area contributed by atoms with E-state index in [1.165, 1.54) is 12.8 Å². The number of anilines is 1. The van der Waals surface area contributed by atoms with Gasteiger partial charge in [0.1, 0.15) is 0 Å². The number of likely N-dealkylation sites (N-methyl/N-ethyl adjacent to an activating group) is 1. The minimum absolute atomic E-state index is 0.437. The van der Waals surface area contributed by atoms with Crippen molar-refractivity contribution in [1.29, 1.82) is 0 Å². The zero-order chi connectivity index (χ0) is 11.5. The highest BCUT2D eigenvalue weighted by Crippen LogP contribution is 2.36. The van der Waals surface area contributed by atoms with Crippen molar-refractivity contribution in [2.24, 2.45) is 11.7 Å². The van der Waals surface area contributed by atoms with Crippen molar-refractivity contribution in [1.82, 2.24) is 4.98 Å². The molecule has 0 radical (unpaired) electrons. The quantitative estimate of drug-likeness (QED) is 0.813. The number of nitrogens with two attached hydrogens (primary N) is 1. The van der Waals surface area contributed by atoms with Crippen molar-refractivity contribution in [3.63, 3.8) is 0 Å². The highest BCUT2D eigenvalue weighted by atomic mass is 16.5. The van der Waals surface area contributed by atoms with Crippen molar-refractivity contribution in [3.8, 4) is 5.88 Å². The van der Waals surface area contributed by atoms with Crippen molar-refractivity contribution in [2.45, 2.75) is 18.9 Å². The molecule has 2 N–H and O–H groups in total. The van der Waals surface area contributed by atoms with Crippen LogP contribution in [0.15, 0.2) is 18.3 Å². The van der Waals surface area contributed by atoms with Gasteiger partial charge in [-0.05, 0) is 24.8 Å². The van der Waals surface area contributed by atoms with Crippen molar-refractivity contribution in [2.75, 3.05) is 25.6 Å². The molecule has 1 aromatic rings. The lowest BCUT2D eigenvalue weighted by molar-refractivity contribution is 0.397. The van der Waals surface area contributed by atoms with Crippen LogP contribution in [-0.2, 0) is 0 Å². The summed E-state index contributed by atoms with van der Waals surface area (Å²) in [5.74, 6) is 1.41. The third-order valence-corrected chi connectivity index (χ3v) is 3.24. The summed E-state index contributed by atoms with van der Waals surface area (Å²) in [6.45, 7) is 0.700. The Kier molecular flexibility index (Phi) is 3.29. The Balaban J connectivity index is 2.14. The van der Waals surface area contributed by atoms with Crippen LogP contribution in [-0.4, -0.2) is 31.7 Å². The Morgan fingerprint density at radius 2 is 2.38 bits per heavy atom. The van der Waals surface area contributed by atoms with Gasteiger partial charge in [0.25, 0.3) is 0 Å². The fourth-order valence-corrected chi connectivity index (χ4v) is 2.07. The number of methoxy groups -OCH3 is 1. The molecule has 16 heavy (non-hydrogen) atoms. The largest absolute Gasteiger partial charge is 0.481 e. The molecule has 0 aliphatic heterocycles. The standard InChI is InChI=1S/C12H19N3O/c1-15(11(8-13)9-3-4-9)10-5-6-14-12(7-10)16-2/h5-7,9,11H,3-4,8,13H2,1-2H3. The van der Waals surface area contributed by atoms with E-state index in [1.54, 1.807) is 13.3 Å². The van der Waals surface area contributed by atoms with Gasteiger partial charge in [0, 0.05) is 37.6 Å². The summed E-state index contributed by atoms with van der Waals surface area (Å²) in [5, 5.41) is 0. The number of aromatic nitrogens is 1. The van der Waals surface area contributed by atoms with Crippen LogP contribution in [0.1, 0.15) is 12.8 Å². The van der Waals surface area contributed by atoms with Crippen LogP contribution in [0.4, 0.5) is 5.69 Å². The summed E-state index contributed by atoms with van der Waals surface area (Å²) in [5.41, 5.74) is 6.95. The third kappa shape index (κ3) is 2.27. The molecule has 0 aromatic carbocycles. The van der Waals surface area contributed by atoms with E-state index < -0.39 is 0 Å². The molecule has 4 nitrogen and oxygen atoms in total. The highest BCUT2D eigenvalue weighted by Gasteiger charge is 2.33. The maximum atomic E-state index is 5.83. The molecule has 1 aromatic heterocycles. The average molecular weight is 221 g/mol. The molecular formula is C12H19N3O. The van der Waals surface area contributed by atoms with Crippen LogP contribution in [0, 0.1) is 5.92 Å². The van der Waals surface area contributed by atoms with E-state index in [4.69, 9.17) is 10.5 Å². The SMILES string of the molecule is COc1cc(N(C)C(CN)C2CC2)ccn1. The molecule has 1 aliphatic carbocycles. The lowest BCUT2D eigenvalue weighted by Crippen LogP contribution is -2.39. The van der Waals surface area contributed by atoms with Crippen LogP contribution in [0.25, 0.3) is 0 Å². The average Bonchev–Trinajstić information content (AvgIpc) is 3.14. The Labute approximate surface area is 96.4 Å². The van der Waals surface area contributed by atoms with Gasteiger partial charge in [-0.15, -0.1) is 0 Å². The molecule has 4 heteroatoms. The number of ether oxygens (including phenoxy) is 1. The van der Waals surface area contributed by atoms with E-state index >= 15 is 0 Å². The minimum atomic E-state index is 0.437. The van der Waals surface area contributed by atoms with Crippen LogP contribution in [0.2, 0.25) is 0 Å². The van der Waals surface area contributed by atoms with E-state index in [9.17, 15) is 0 Å². The second-order valence-electron chi connectivity index (χ2n) is 4.31. The zero-order valence-corrected chi connectivity index (χ0v) is 9.89. The Hall–Kier alpha value is -1.29. The van der Waals surface area contributed by atoms with Crippen LogP contribution in [0.3, 0.4) is 0 Å². The van der Waals surface area contributed by atoms with Gasteiger partial charge in [-0.3, -0.25) is 0 Å². The molecule has 1 fully saturated rings. The summed E-state index contributed by atoms with van der Waals surface area (Å²) >= 11 is 0. The summed E-state index contributed by atoms with van der Waals surface area (Å²) in [6, 6.07) is 4.38. The summed E-state index contributed by atoms with van der Waals surface area (Å²) in [6.07, 6.45) is 4.37. The molecule has 1 saturated carbocycles. The van der Waals surface area contributed by atoms with Gasteiger partial charge >= 0.3 is 0 Å². The molecule has 1 heterocycles. The molecule has 88 valence electrons. The van der Waals surface area contributed by atoms with E-state index in [1.807, 2.05) is 12.1 Å². The number of pyridine rings is 1. The lowest BCUT2D eigenvalue weighted by Gasteiger charge is -2.29. The molecule has 0 amide bonds. The predicted molar refractivity (Wildman–Crippen MR) is 64.8 cm³/mol. The van der Waals surface area contributed by atoms with Gasteiger partial charge in [-0.25, -0.2) is 4.98 Å². The van der Waals surface area contributed by atoms with Gasteiger partial charge in [-0.1, -0.05) is 0 Å². The monoisotopic (exact) mass is 221 g/mol. The van der Waals surface area contributed by atoms with Crippen molar-refractivity contribution >= 4 is 5.69 Å². The van der Waals surface area contributed by atoms with Gasteiger partial charge in [0.05, 0.1) is 7.11 Å². The Morgan fingerprint density at radius 3 is 2.94 bits per heavy atom. The molecule has 2 rings (SSSR count). The maximum absolute atomic E-state index is 5.83. The smallest absolute Gasteiger partial charge is 0.214 e. The minimum Gasteiger partial charge on any atom is -0.481 e. The second-order valence-corrected chi connectivity index (χ2v) is 4.31. The topological polar surface area (TPSA) is 51.4 Å².